The van der Waals surface area contributed by atoms with E-state index in [1.165, 1.54) is 0 Å². The van der Waals surface area contributed by atoms with Gasteiger partial charge in [-0.2, -0.15) is 0 Å². The smallest absolute Gasteiger partial charge is 0.231 e. The highest BCUT2D eigenvalue weighted by atomic mass is 16.7. The van der Waals surface area contributed by atoms with Crippen LogP contribution in [0.15, 0.2) is 18.2 Å². The lowest BCUT2D eigenvalue weighted by atomic mass is 10.3. The first kappa shape index (κ1) is 9.76. The topological polar surface area (TPSA) is 84.1 Å². The molecule has 7 heteroatoms. The summed E-state index contributed by atoms with van der Waals surface area (Å²) in [6, 6.07) is 5.62. The average Bonchev–Trinajstić information content (AvgIpc) is 2.97. The number of hydrogen-bond acceptors (Lipinski definition) is 6. The minimum atomic E-state index is 0.242. The van der Waals surface area contributed by atoms with Crippen molar-refractivity contribution in [2.45, 2.75) is 0 Å². The van der Waals surface area contributed by atoms with Crippen molar-refractivity contribution >= 4 is 17.6 Å². The Balaban J connectivity index is 1.88. The van der Waals surface area contributed by atoms with Crippen LogP contribution >= 0.6 is 0 Å². The van der Waals surface area contributed by atoms with Crippen molar-refractivity contribution in [1.29, 1.82) is 0 Å². The molecule has 88 valence electrons. The highest BCUT2D eigenvalue weighted by Gasteiger charge is 2.17. The fourth-order valence-electron chi connectivity index (χ4n) is 1.59. The van der Waals surface area contributed by atoms with Crippen LogP contribution < -0.4 is 20.1 Å². The molecular formula is C10H11N5O2. The van der Waals surface area contributed by atoms with Gasteiger partial charge in [-0.25, -0.2) is 0 Å². The highest BCUT2D eigenvalue weighted by Crippen LogP contribution is 2.39. The Morgan fingerprint density at radius 2 is 2.12 bits per heavy atom. The molecule has 1 aliphatic rings. The number of rotatable bonds is 3. The minimum absolute atomic E-state index is 0.242. The van der Waals surface area contributed by atoms with Gasteiger partial charge >= 0.3 is 0 Å². The van der Waals surface area contributed by atoms with Gasteiger partial charge in [-0.1, -0.05) is 6.07 Å². The van der Waals surface area contributed by atoms with Gasteiger partial charge in [0.05, 0.1) is 5.69 Å². The van der Waals surface area contributed by atoms with E-state index in [-0.39, 0.29) is 6.79 Å². The van der Waals surface area contributed by atoms with Crippen molar-refractivity contribution in [3.8, 4) is 11.5 Å². The molecule has 2 heterocycles. The Kier molecular flexibility index (Phi) is 2.21. The van der Waals surface area contributed by atoms with Crippen molar-refractivity contribution in [3.63, 3.8) is 0 Å². The van der Waals surface area contributed by atoms with Crippen LogP contribution in [0.2, 0.25) is 0 Å². The fourth-order valence-corrected chi connectivity index (χ4v) is 1.59. The molecule has 0 spiro atoms. The molecule has 0 bridgehead atoms. The first-order valence-electron chi connectivity index (χ1n) is 5.13. The fraction of sp³-hybridized carbons (Fsp3) is 0.200. The van der Waals surface area contributed by atoms with Crippen LogP contribution in [-0.2, 0) is 0 Å². The van der Waals surface area contributed by atoms with E-state index in [0.29, 0.717) is 17.6 Å². The molecule has 1 aromatic carbocycles. The van der Waals surface area contributed by atoms with Gasteiger partial charge in [0.1, 0.15) is 0 Å². The molecule has 0 saturated carbocycles. The number of H-pyrrole nitrogens is 1. The Morgan fingerprint density at radius 1 is 1.24 bits per heavy atom. The largest absolute Gasteiger partial charge is 0.454 e. The quantitative estimate of drug-likeness (QED) is 0.741. The number of aromatic amines is 1. The lowest BCUT2D eigenvalue weighted by Crippen LogP contribution is -1.96. The Labute approximate surface area is 97.2 Å². The number of nitrogens with zero attached hydrogens (tertiary/aromatic N) is 2. The first-order valence-corrected chi connectivity index (χ1v) is 5.13. The van der Waals surface area contributed by atoms with Gasteiger partial charge in [0.25, 0.3) is 0 Å². The van der Waals surface area contributed by atoms with Crippen LogP contribution in [-0.4, -0.2) is 29.0 Å². The van der Waals surface area contributed by atoms with Crippen LogP contribution in [0, 0.1) is 0 Å². The number of fused-ring (bicyclic) bond motifs is 1. The molecule has 2 aromatic rings. The monoisotopic (exact) mass is 233 g/mol. The number of nitrogens with one attached hydrogen (secondary N) is 3. The summed E-state index contributed by atoms with van der Waals surface area (Å²) in [5.74, 6) is 2.55. The summed E-state index contributed by atoms with van der Waals surface area (Å²) < 4.78 is 10.7. The maximum absolute atomic E-state index is 5.37. The lowest BCUT2D eigenvalue weighted by Gasteiger charge is -2.05. The summed E-state index contributed by atoms with van der Waals surface area (Å²) in [7, 11) is 1.77. The van der Waals surface area contributed by atoms with E-state index in [0.717, 1.165) is 11.4 Å². The SMILES string of the molecule is CNc1nnc(Nc2cccc3c2OCO3)[nH]1. The summed E-state index contributed by atoms with van der Waals surface area (Å²) in [5.41, 5.74) is 0.791. The molecule has 1 aliphatic heterocycles. The van der Waals surface area contributed by atoms with Crippen LogP contribution in [0.25, 0.3) is 0 Å². The molecule has 17 heavy (non-hydrogen) atoms. The van der Waals surface area contributed by atoms with E-state index >= 15 is 0 Å². The van der Waals surface area contributed by atoms with E-state index in [1.54, 1.807) is 7.05 Å². The van der Waals surface area contributed by atoms with Crippen molar-refractivity contribution in [2.75, 3.05) is 24.5 Å². The molecule has 0 saturated heterocycles. The molecule has 7 nitrogen and oxygen atoms in total. The van der Waals surface area contributed by atoms with Crippen LogP contribution in [0.4, 0.5) is 17.6 Å². The highest BCUT2D eigenvalue weighted by molar-refractivity contribution is 5.68. The van der Waals surface area contributed by atoms with Gasteiger partial charge in [0.15, 0.2) is 11.5 Å². The summed E-state index contributed by atoms with van der Waals surface area (Å²) >= 11 is 0. The van der Waals surface area contributed by atoms with Crippen LogP contribution in [0.1, 0.15) is 0 Å². The summed E-state index contributed by atoms with van der Waals surface area (Å²) in [4.78, 5) is 2.96. The lowest BCUT2D eigenvalue weighted by molar-refractivity contribution is 0.174. The maximum atomic E-state index is 5.37. The van der Waals surface area contributed by atoms with Gasteiger partial charge in [-0.15, -0.1) is 10.2 Å². The Hall–Kier alpha value is -2.44. The normalized spacial score (nSPS) is 12.5. The maximum Gasteiger partial charge on any atom is 0.231 e. The molecule has 1 aromatic heterocycles. The van der Waals surface area contributed by atoms with Gasteiger partial charge < -0.3 is 20.1 Å². The van der Waals surface area contributed by atoms with Crippen molar-refractivity contribution in [2.24, 2.45) is 0 Å². The molecule has 0 fully saturated rings. The number of para-hydroxylation sites is 1. The van der Waals surface area contributed by atoms with Crippen LogP contribution in [0.5, 0.6) is 11.5 Å². The summed E-state index contributed by atoms with van der Waals surface area (Å²) in [6.07, 6.45) is 0. The van der Waals surface area contributed by atoms with Gasteiger partial charge in [0, 0.05) is 7.05 Å². The molecule has 3 rings (SSSR count). The minimum Gasteiger partial charge on any atom is -0.454 e. The third kappa shape index (κ3) is 1.71. The average molecular weight is 233 g/mol. The van der Waals surface area contributed by atoms with E-state index in [2.05, 4.69) is 25.8 Å². The van der Waals surface area contributed by atoms with E-state index in [1.807, 2.05) is 18.2 Å². The van der Waals surface area contributed by atoms with Crippen molar-refractivity contribution in [1.82, 2.24) is 15.2 Å². The second-order valence-corrected chi connectivity index (χ2v) is 3.44. The zero-order valence-electron chi connectivity index (χ0n) is 9.15. The van der Waals surface area contributed by atoms with E-state index < -0.39 is 0 Å². The van der Waals surface area contributed by atoms with Crippen molar-refractivity contribution in [3.05, 3.63) is 18.2 Å². The molecule has 0 unspecified atom stereocenters. The second-order valence-electron chi connectivity index (χ2n) is 3.44. The van der Waals surface area contributed by atoms with E-state index in [9.17, 15) is 0 Å². The number of ether oxygens (including phenoxy) is 2. The van der Waals surface area contributed by atoms with Gasteiger partial charge in [-0.3, -0.25) is 4.98 Å². The summed E-state index contributed by atoms with van der Waals surface area (Å²) in [5, 5.41) is 13.8. The predicted octanol–water partition coefficient (Wildman–Crippen LogP) is 1.32. The number of aromatic nitrogens is 3. The standard InChI is InChI=1S/C10H11N5O2/c1-11-9-13-10(15-14-9)12-6-3-2-4-7-8(6)17-5-16-7/h2-4H,5H2,1H3,(H3,11,12,13,14,15). The van der Waals surface area contributed by atoms with Crippen molar-refractivity contribution < 1.29 is 9.47 Å². The number of benzene rings is 1. The zero-order valence-corrected chi connectivity index (χ0v) is 9.15. The van der Waals surface area contributed by atoms with E-state index in [4.69, 9.17) is 9.47 Å². The molecular weight excluding hydrogens is 222 g/mol. The predicted molar refractivity (Wildman–Crippen MR) is 61.8 cm³/mol. The zero-order chi connectivity index (χ0) is 11.7. The third-order valence-electron chi connectivity index (χ3n) is 2.37. The molecule has 0 atom stereocenters. The molecule has 0 radical (unpaired) electrons. The number of hydrogen-bond donors (Lipinski definition) is 3. The summed E-state index contributed by atoms with van der Waals surface area (Å²) in [6.45, 7) is 0.242. The molecule has 3 N–H and O–H groups in total. The Bertz CT molecular complexity index is 539. The molecule has 0 amide bonds. The van der Waals surface area contributed by atoms with Gasteiger partial charge in [-0.05, 0) is 12.1 Å². The van der Waals surface area contributed by atoms with Gasteiger partial charge in [0.2, 0.25) is 18.7 Å². The third-order valence-corrected chi connectivity index (χ3v) is 2.37. The second kappa shape index (κ2) is 3.85. The Morgan fingerprint density at radius 3 is 2.94 bits per heavy atom. The first-order chi connectivity index (χ1) is 8.36. The van der Waals surface area contributed by atoms with Crippen LogP contribution in [0.3, 0.4) is 0 Å². The number of anilines is 3. The molecule has 0 aliphatic carbocycles.